The molecule has 7 nitrogen and oxygen atoms in total. The van der Waals surface area contributed by atoms with Gasteiger partial charge in [0.1, 0.15) is 5.25 Å². The third kappa shape index (κ3) is 1.72. The van der Waals surface area contributed by atoms with E-state index < -0.39 is 26.9 Å². The van der Waals surface area contributed by atoms with E-state index in [9.17, 15) is 13.2 Å². The first kappa shape index (κ1) is 10.1. The van der Waals surface area contributed by atoms with Gasteiger partial charge in [-0.25, -0.2) is 13.2 Å². The summed E-state index contributed by atoms with van der Waals surface area (Å²) in [6.45, 7) is 0. The van der Waals surface area contributed by atoms with Crippen LogP contribution in [0.4, 0.5) is 0 Å². The Balaban J connectivity index is 2.34. The number of hydrogen-bond donors (Lipinski definition) is 1. The molecule has 0 amide bonds. The summed E-state index contributed by atoms with van der Waals surface area (Å²) in [6.07, 6.45) is 0.946. The predicted molar refractivity (Wildman–Crippen MR) is 47.0 cm³/mol. The van der Waals surface area contributed by atoms with Gasteiger partial charge in [0.2, 0.25) is 5.89 Å². The molecule has 1 aliphatic heterocycles. The van der Waals surface area contributed by atoms with Gasteiger partial charge in [-0.1, -0.05) is 0 Å². The van der Waals surface area contributed by atoms with Gasteiger partial charge < -0.3 is 9.63 Å². The van der Waals surface area contributed by atoms with Crippen LogP contribution < -0.4 is 0 Å². The Hall–Kier alpha value is -1.44. The zero-order chi connectivity index (χ0) is 11.1. The minimum Gasteiger partial charge on any atom is -0.475 e. The Morgan fingerprint density at radius 2 is 2.27 bits per heavy atom. The van der Waals surface area contributed by atoms with E-state index >= 15 is 0 Å². The third-order valence-electron chi connectivity index (χ3n) is 2.24. The Morgan fingerprint density at radius 3 is 2.73 bits per heavy atom. The van der Waals surface area contributed by atoms with Gasteiger partial charge in [0, 0.05) is 0 Å². The molecule has 82 valence electrons. The summed E-state index contributed by atoms with van der Waals surface area (Å²) in [5.41, 5.74) is 0. The van der Waals surface area contributed by atoms with E-state index in [1.165, 1.54) is 0 Å². The molecule has 0 saturated carbocycles. The number of carboxylic acid groups (broad SMARTS) is 1. The average molecular weight is 232 g/mol. The van der Waals surface area contributed by atoms with Crippen LogP contribution in [0.2, 0.25) is 0 Å². The van der Waals surface area contributed by atoms with E-state index in [-0.39, 0.29) is 11.6 Å². The van der Waals surface area contributed by atoms with Crippen LogP contribution in [0.15, 0.2) is 4.52 Å². The molecule has 2 heterocycles. The molecule has 1 N–H and O–H groups in total. The number of rotatable bonds is 2. The highest BCUT2D eigenvalue weighted by Crippen LogP contribution is 2.33. The van der Waals surface area contributed by atoms with Crippen LogP contribution in [0.5, 0.6) is 0 Å². The van der Waals surface area contributed by atoms with Crippen LogP contribution in [0, 0.1) is 0 Å². The van der Waals surface area contributed by atoms with Gasteiger partial charge in [-0.3, -0.25) is 0 Å². The summed E-state index contributed by atoms with van der Waals surface area (Å²) in [4.78, 5) is 14.0. The Morgan fingerprint density at radius 1 is 1.53 bits per heavy atom. The number of carbonyl (C=O) groups is 1. The second-order valence-corrected chi connectivity index (χ2v) is 5.56. The van der Waals surface area contributed by atoms with E-state index in [0.29, 0.717) is 12.8 Å². The van der Waals surface area contributed by atoms with Crippen molar-refractivity contribution in [1.82, 2.24) is 10.1 Å². The molecule has 8 heteroatoms. The molecule has 1 aromatic rings. The molecule has 2 rings (SSSR count). The number of sulfone groups is 1. The topological polar surface area (TPSA) is 110 Å². The van der Waals surface area contributed by atoms with E-state index in [4.69, 9.17) is 5.11 Å². The first-order chi connectivity index (χ1) is 7.00. The average Bonchev–Trinajstić information content (AvgIpc) is 2.69. The number of hydrogen-bond acceptors (Lipinski definition) is 6. The van der Waals surface area contributed by atoms with Gasteiger partial charge in [-0.2, -0.15) is 4.98 Å². The molecule has 0 aromatic carbocycles. The lowest BCUT2D eigenvalue weighted by atomic mass is 10.2. The van der Waals surface area contributed by atoms with Crippen molar-refractivity contribution >= 4 is 15.8 Å². The quantitative estimate of drug-likeness (QED) is 0.764. The summed E-state index contributed by atoms with van der Waals surface area (Å²) in [6, 6.07) is 0. The number of nitrogens with zero attached hydrogens (tertiary/aromatic N) is 2. The largest absolute Gasteiger partial charge is 0.475 e. The van der Waals surface area contributed by atoms with Crippen molar-refractivity contribution in [3.63, 3.8) is 0 Å². The molecule has 0 aliphatic carbocycles. The van der Waals surface area contributed by atoms with Crippen LogP contribution >= 0.6 is 0 Å². The fourth-order valence-corrected chi connectivity index (χ4v) is 3.30. The first-order valence-corrected chi connectivity index (χ1v) is 6.01. The lowest BCUT2D eigenvalue weighted by molar-refractivity contribution is 0.0680. The summed E-state index contributed by atoms with van der Waals surface area (Å²) < 4.78 is 27.6. The van der Waals surface area contributed by atoms with Crippen molar-refractivity contribution in [3.05, 3.63) is 11.7 Å². The minimum atomic E-state index is -3.24. The maximum absolute atomic E-state index is 11.5. The highest BCUT2D eigenvalue weighted by Gasteiger charge is 2.37. The van der Waals surface area contributed by atoms with E-state index in [0.717, 1.165) is 0 Å². The predicted octanol–water partition coefficient (Wildman–Crippen LogP) is 0.0175. The second kappa shape index (κ2) is 3.30. The molecule has 1 unspecified atom stereocenters. The molecular weight excluding hydrogens is 224 g/mol. The molecule has 0 radical (unpaired) electrons. The monoisotopic (exact) mass is 232 g/mol. The van der Waals surface area contributed by atoms with E-state index in [1.54, 1.807) is 0 Å². The summed E-state index contributed by atoms with van der Waals surface area (Å²) in [5.74, 6) is -1.87. The molecule has 1 saturated heterocycles. The third-order valence-corrected chi connectivity index (χ3v) is 4.40. The summed E-state index contributed by atoms with van der Waals surface area (Å²) >= 11 is 0. The molecular formula is C7H8N2O5S. The molecule has 0 bridgehead atoms. The van der Waals surface area contributed by atoms with Gasteiger partial charge >= 0.3 is 5.97 Å². The van der Waals surface area contributed by atoms with Crippen LogP contribution in [-0.2, 0) is 9.84 Å². The number of carboxylic acids is 1. The summed E-state index contributed by atoms with van der Waals surface area (Å²) in [5, 5.41) is 10.9. The lowest BCUT2D eigenvalue weighted by Gasteiger charge is -2.00. The van der Waals surface area contributed by atoms with Crippen molar-refractivity contribution in [2.75, 3.05) is 5.75 Å². The Labute approximate surface area is 85.0 Å². The van der Waals surface area contributed by atoms with Crippen molar-refractivity contribution in [3.8, 4) is 0 Å². The maximum Gasteiger partial charge on any atom is 0.377 e. The van der Waals surface area contributed by atoms with Crippen molar-refractivity contribution in [1.29, 1.82) is 0 Å². The van der Waals surface area contributed by atoms with Gasteiger partial charge in [0.15, 0.2) is 9.84 Å². The number of aromatic nitrogens is 2. The van der Waals surface area contributed by atoms with Crippen LogP contribution in [0.25, 0.3) is 0 Å². The van der Waals surface area contributed by atoms with E-state index in [2.05, 4.69) is 14.7 Å². The molecule has 1 aromatic heterocycles. The zero-order valence-electron chi connectivity index (χ0n) is 7.58. The standard InChI is InChI=1S/C7H8N2O5S/c10-7(11)5-8-6(14-9-5)4-2-1-3-15(4,12)13/h4H,1-3H2,(H,10,11). The van der Waals surface area contributed by atoms with Gasteiger partial charge in [-0.15, -0.1) is 0 Å². The highest BCUT2D eigenvalue weighted by atomic mass is 32.2. The first-order valence-electron chi connectivity index (χ1n) is 4.29. The number of aromatic carboxylic acids is 1. The zero-order valence-corrected chi connectivity index (χ0v) is 8.40. The van der Waals surface area contributed by atoms with Crippen LogP contribution in [-0.4, -0.2) is 35.4 Å². The van der Waals surface area contributed by atoms with Crippen LogP contribution in [0.3, 0.4) is 0 Å². The fraction of sp³-hybridized carbons (Fsp3) is 0.571. The van der Waals surface area contributed by atoms with Gasteiger partial charge in [0.25, 0.3) is 5.82 Å². The minimum absolute atomic E-state index is 0.0858. The molecule has 15 heavy (non-hydrogen) atoms. The highest BCUT2D eigenvalue weighted by molar-refractivity contribution is 7.91. The van der Waals surface area contributed by atoms with Crippen molar-refractivity contribution < 1.29 is 22.8 Å². The van der Waals surface area contributed by atoms with E-state index in [1.807, 2.05) is 0 Å². The molecule has 1 atom stereocenters. The van der Waals surface area contributed by atoms with Crippen LogP contribution in [0.1, 0.15) is 34.6 Å². The SMILES string of the molecule is O=C(O)c1noc(C2CCCS2(=O)=O)n1. The fourth-order valence-electron chi connectivity index (χ4n) is 1.52. The Bertz CT molecular complexity index is 491. The van der Waals surface area contributed by atoms with Gasteiger partial charge in [0.05, 0.1) is 5.75 Å². The maximum atomic E-state index is 11.5. The molecule has 1 aliphatic rings. The lowest BCUT2D eigenvalue weighted by Crippen LogP contribution is -2.08. The molecule has 1 fully saturated rings. The Kier molecular flexibility index (Phi) is 2.22. The molecule has 0 spiro atoms. The van der Waals surface area contributed by atoms with Crippen molar-refractivity contribution in [2.24, 2.45) is 0 Å². The smallest absolute Gasteiger partial charge is 0.377 e. The summed E-state index contributed by atoms with van der Waals surface area (Å²) in [7, 11) is -3.24. The van der Waals surface area contributed by atoms with Gasteiger partial charge in [-0.05, 0) is 18.0 Å². The normalized spacial score (nSPS) is 24.1. The second-order valence-electron chi connectivity index (χ2n) is 3.26. The van der Waals surface area contributed by atoms with Crippen molar-refractivity contribution in [2.45, 2.75) is 18.1 Å².